The van der Waals surface area contributed by atoms with Gasteiger partial charge in [-0.2, -0.15) is 0 Å². The largest absolute Gasteiger partial charge is 0.414 e. The Morgan fingerprint density at radius 3 is 2.69 bits per heavy atom. The maximum atomic E-state index is 5.91. The summed E-state index contributed by atoms with van der Waals surface area (Å²) in [6.07, 6.45) is 2.91. The smallest absolute Gasteiger partial charge is 0.276 e. The molecule has 0 saturated heterocycles. The van der Waals surface area contributed by atoms with E-state index >= 15 is 0 Å². The van der Waals surface area contributed by atoms with Gasteiger partial charge >= 0.3 is 0 Å². The van der Waals surface area contributed by atoms with Crippen LogP contribution in [0.2, 0.25) is 0 Å². The van der Waals surface area contributed by atoms with Gasteiger partial charge in [-0.3, -0.25) is 0 Å². The first-order valence-corrected chi connectivity index (χ1v) is 5.54. The molecular formula is C8H15N3OS. The van der Waals surface area contributed by atoms with Crippen molar-refractivity contribution in [3.8, 4) is 0 Å². The van der Waals surface area contributed by atoms with Crippen LogP contribution in [0, 0.1) is 5.92 Å². The van der Waals surface area contributed by atoms with Gasteiger partial charge in [0.15, 0.2) is 0 Å². The van der Waals surface area contributed by atoms with E-state index in [4.69, 9.17) is 10.2 Å². The van der Waals surface area contributed by atoms with Gasteiger partial charge in [0.05, 0.1) is 6.04 Å². The van der Waals surface area contributed by atoms with Crippen molar-refractivity contribution >= 4 is 11.8 Å². The summed E-state index contributed by atoms with van der Waals surface area (Å²) in [6, 6.07) is -0.140. The summed E-state index contributed by atoms with van der Waals surface area (Å²) >= 11 is 1.43. The van der Waals surface area contributed by atoms with E-state index in [1.807, 2.05) is 6.26 Å². The van der Waals surface area contributed by atoms with E-state index in [0.717, 1.165) is 6.42 Å². The molecule has 1 heterocycles. The summed E-state index contributed by atoms with van der Waals surface area (Å²) in [5.74, 6) is 0.911. The second-order valence-electron chi connectivity index (χ2n) is 3.02. The number of hydrogen-bond donors (Lipinski definition) is 1. The molecule has 4 nitrogen and oxygen atoms in total. The van der Waals surface area contributed by atoms with Crippen LogP contribution >= 0.6 is 11.8 Å². The first-order chi connectivity index (χ1) is 6.19. The highest BCUT2D eigenvalue weighted by Gasteiger charge is 2.19. The molecule has 0 aliphatic carbocycles. The van der Waals surface area contributed by atoms with Crippen LogP contribution in [0.25, 0.3) is 0 Å². The Balaban J connectivity index is 2.70. The van der Waals surface area contributed by atoms with E-state index < -0.39 is 0 Å². The fourth-order valence-corrected chi connectivity index (χ4v) is 1.23. The van der Waals surface area contributed by atoms with Crippen LogP contribution in [0.4, 0.5) is 0 Å². The third-order valence-electron chi connectivity index (χ3n) is 2.14. The molecular weight excluding hydrogens is 186 g/mol. The molecule has 1 aromatic heterocycles. The minimum atomic E-state index is -0.140. The average Bonchev–Trinajstić information content (AvgIpc) is 2.63. The zero-order valence-electron chi connectivity index (χ0n) is 8.15. The number of nitrogens with two attached hydrogens (primary N) is 1. The van der Waals surface area contributed by atoms with Crippen molar-refractivity contribution in [3.63, 3.8) is 0 Å². The Bertz CT molecular complexity index is 264. The molecule has 2 N–H and O–H groups in total. The quantitative estimate of drug-likeness (QED) is 0.753. The van der Waals surface area contributed by atoms with E-state index in [9.17, 15) is 0 Å². The average molecular weight is 201 g/mol. The molecule has 0 amide bonds. The van der Waals surface area contributed by atoms with Crippen LogP contribution in [0.5, 0.6) is 0 Å². The Hall–Kier alpha value is -0.550. The first kappa shape index (κ1) is 10.5. The topological polar surface area (TPSA) is 64.9 Å². The molecule has 0 bridgehead atoms. The molecule has 0 fully saturated rings. The van der Waals surface area contributed by atoms with Gasteiger partial charge < -0.3 is 10.2 Å². The Morgan fingerprint density at radius 1 is 1.54 bits per heavy atom. The van der Waals surface area contributed by atoms with E-state index in [0.29, 0.717) is 17.0 Å². The normalized spacial score (nSPS) is 15.7. The fraction of sp³-hybridized carbons (Fsp3) is 0.750. The van der Waals surface area contributed by atoms with Gasteiger partial charge in [-0.25, -0.2) is 0 Å². The Morgan fingerprint density at radius 2 is 2.23 bits per heavy atom. The monoisotopic (exact) mass is 201 g/mol. The SMILES string of the molecule is CC[C@@H](C)[C@H](N)c1nnc(SC)o1. The second-order valence-corrected chi connectivity index (χ2v) is 3.78. The highest BCUT2D eigenvalue weighted by atomic mass is 32.2. The van der Waals surface area contributed by atoms with Gasteiger partial charge in [0, 0.05) is 0 Å². The molecule has 13 heavy (non-hydrogen) atoms. The predicted octanol–water partition coefficient (Wildman–Crippen LogP) is 1.84. The molecule has 0 aliphatic rings. The van der Waals surface area contributed by atoms with Gasteiger partial charge in [-0.15, -0.1) is 10.2 Å². The van der Waals surface area contributed by atoms with Crippen molar-refractivity contribution < 1.29 is 4.42 Å². The molecule has 0 spiro atoms. The summed E-state index contributed by atoms with van der Waals surface area (Å²) in [6.45, 7) is 4.17. The molecule has 0 radical (unpaired) electrons. The number of aromatic nitrogens is 2. The molecule has 1 rings (SSSR count). The molecule has 74 valence electrons. The lowest BCUT2D eigenvalue weighted by Crippen LogP contribution is -2.18. The van der Waals surface area contributed by atoms with Crippen LogP contribution in [0.15, 0.2) is 9.64 Å². The molecule has 5 heteroatoms. The van der Waals surface area contributed by atoms with Gasteiger partial charge in [-0.05, 0) is 12.2 Å². The first-order valence-electron chi connectivity index (χ1n) is 4.32. The van der Waals surface area contributed by atoms with Crippen molar-refractivity contribution in [2.24, 2.45) is 11.7 Å². The molecule has 2 atom stereocenters. The van der Waals surface area contributed by atoms with Crippen LogP contribution < -0.4 is 5.73 Å². The zero-order valence-corrected chi connectivity index (χ0v) is 8.97. The minimum Gasteiger partial charge on any atom is -0.414 e. The van der Waals surface area contributed by atoms with Crippen LogP contribution in [0.1, 0.15) is 32.2 Å². The Kier molecular flexibility index (Phi) is 3.74. The van der Waals surface area contributed by atoms with Crippen molar-refractivity contribution in [2.75, 3.05) is 6.26 Å². The minimum absolute atomic E-state index is 0.140. The van der Waals surface area contributed by atoms with E-state index in [2.05, 4.69) is 24.0 Å². The summed E-state index contributed by atoms with van der Waals surface area (Å²) in [7, 11) is 0. The lowest BCUT2D eigenvalue weighted by Gasteiger charge is -2.13. The second kappa shape index (κ2) is 4.62. The summed E-state index contributed by atoms with van der Waals surface area (Å²) in [4.78, 5) is 0. The van der Waals surface area contributed by atoms with Gasteiger partial charge in [0.1, 0.15) is 0 Å². The Labute approximate surface area is 82.3 Å². The van der Waals surface area contributed by atoms with Crippen molar-refractivity contribution in [1.82, 2.24) is 10.2 Å². The highest BCUT2D eigenvalue weighted by Crippen LogP contribution is 2.22. The number of thioether (sulfide) groups is 1. The molecule has 0 unspecified atom stereocenters. The van der Waals surface area contributed by atoms with Crippen molar-refractivity contribution in [1.29, 1.82) is 0 Å². The summed E-state index contributed by atoms with van der Waals surface area (Å²) in [5.41, 5.74) is 5.91. The highest BCUT2D eigenvalue weighted by molar-refractivity contribution is 7.98. The third-order valence-corrected chi connectivity index (χ3v) is 2.65. The van der Waals surface area contributed by atoms with Crippen LogP contribution in [-0.2, 0) is 0 Å². The number of nitrogens with zero attached hydrogens (tertiary/aromatic N) is 2. The predicted molar refractivity (Wildman–Crippen MR) is 52.5 cm³/mol. The molecule has 0 aliphatic heterocycles. The van der Waals surface area contributed by atoms with Gasteiger partial charge in [0.25, 0.3) is 5.22 Å². The third kappa shape index (κ3) is 2.45. The maximum absolute atomic E-state index is 5.91. The molecule has 0 saturated carbocycles. The lowest BCUT2D eigenvalue weighted by atomic mass is 10.0. The van der Waals surface area contributed by atoms with E-state index in [1.54, 1.807) is 0 Å². The fourth-order valence-electron chi connectivity index (χ4n) is 0.935. The van der Waals surface area contributed by atoms with Crippen LogP contribution in [0.3, 0.4) is 0 Å². The van der Waals surface area contributed by atoms with Gasteiger partial charge in [-0.1, -0.05) is 32.0 Å². The standard InChI is InChI=1S/C8H15N3OS/c1-4-5(2)6(9)7-10-11-8(12-7)13-3/h5-6H,4,9H2,1-3H3/t5-,6+/m1/s1. The molecule has 0 aromatic carbocycles. The van der Waals surface area contributed by atoms with Crippen molar-refractivity contribution in [3.05, 3.63) is 5.89 Å². The molecule has 1 aromatic rings. The summed E-state index contributed by atoms with van der Waals surface area (Å²) < 4.78 is 5.33. The number of rotatable bonds is 4. The number of hydrogen-bond acceptors (Lipinski definition) is 5. The maximum Gasteiger partial charge on any atom is 0.276 e. The zero-order chi connectivity index (χ0) is 9.84. The van der Waals surface area contributed by atoms with Gasteiger partial charge in [0.2, 0.25) is 5.89 Å². The van der Waals surface area contributed by atoms with E-state index in [1.165, 1.54) is 11.8 Å². The lowest BCUT2D eigenvalue weighted by molar-refractivity contribution is 0.333. The van der Waals surface area contributed by atoms with Crippen molar-refractivity contribution in [2.45, 2.75) is 31.5 Å². The summed E-state index contributed by atoms with van der Waals surface area (Å²) in [5, 5.41) is 8.31. The van der Waals surface area contributed by atoms with E-state index in [-0.39, 0.29) is 6.04 Å². The van der Waals surface area contributed by atoms with Crippen LogP contribution in [-0.4, -0.2) is 16.5 Å².